The zero-order chi connectivity index (χ0) is 37.0. The molecule has 0 saturated carbocycles. The predicted molar refractivity (Wildman–Crippen MR) is 195 cm³/mol. The van der Waals surface area contributed by atoms with Gasteiger partial charge in [0, 0.05) is 24.0 Å². The van der Waals surface area contributed by atoms with Gasteiger partial charge in [0.1, 0.15) is 29.7 Å². The van der Waals surface area contributed by atoms with Gasteiger partial charge in [-0.2, -0.15) is 13.2 Å². The Morgan fingerprint density at radius 1 is 0.792 bits per heavy atom. The minimum atomic E-state index is -4.46. The average Bonchev–Trinajstić information content (AvgIpc) is 3.65. The van der Waals surface area contributed by atoms with Gasteiger partial charge in [0.05, 0.1) is 21.8 Å². The maximum Gasteiger partial charge on any atom is 0.416 e. The molecular formula is C39H30F3N5O5S. The minimum Gasteiger partial charge on any atom is -0.486 e. The number of carbonyl (C=O) groups excluding carboxylic acids is 3. The molecule has 0 bridgehead atoms. The number of halogens is 3. The van der Waals surface area contributed by atoms with E-state index in [1.165, 1.54) is 12.1 Å². The molecule has 4 amide bonds. The number of alkyl halides is 3. The Kier molecular flexibility index (Phi) is 10.0. The van der Waals surface area contributed by atoms with Gasteiger partial charge in [-0.1, -0.05) is 54.2 Å². The van der Waals surface area contributed by atoms with Gasteiger partial charge in [-0.05, 0) is 90.3 Å². The Labute approximate surface area is 305 Å². The monoisotopic (exact) mass is 737 g/mol. The molecular weight excluding hydrogens is 708 g/mol. The van der Waals surface area contributed by atoms with Crippen molar-refractivity contribution in [3.8, 4) is 17.2 Å². The quantitative estimate of drug-likeness (QED) is 0.121. The van der Waals surface area contributed by atoms with E-state index in [1.54, 1.807) is 24.3 Å². The first-order valence-corrected chi connectivity index (χ1v) is 17.2. The fourth-order valence-electron chi connectivity index (χ4n) is 5.66. The Balaban J connectivity index is 1.02. The van der Waals surface area contributed by atoms with Crippen molar-refractivity contribution in [2.24, 2.45) is 0 Å². The summed E-state index contributed by atoms with van der Waals surface area (Å²) >= 11 is 0.999. The molecule has 0 radical (unpaired) electrons. The van der Waals surface area contributed by atoms with E-state index in [0.717, 1.165) is 46.1 Å². The van der Waals surface area contributed by atoms with Gasteiger partial charge in [-0.15, -0.1) is 0 Å². The number of imide groups is 1. The highest BCUT2D eigenvalue weighted by Crippen LogP contribution is 2.31. The molecule has 1 atom stereocenters. The molecule has 1 fully saturated rings. The van der Waals surface area contributed by atoms with Crippen molar-refractivity contribution in [1.82, 2.24) is 14.9 Å². The van der Waals surface area contributed by atoms with Crippen LogP contribution in [-0.4, -0.2) is 32.0 Å². The number of urea groups is 1. The van der Waals surface area contributed by atoms with E-state index in [9.17, 15) is 27.6 Å². The number of imidazole rings is 1. The Hall–Kier alpha value is -6.28. The van der Waals surface area contributed by atoms with Crippen LogP contribution in [0.25, 0.3) is 11.0 Å². The van der Waals surface area contributed by atoms with E-state index in [4.69, 9.17) is 14.5 Å². The number of benzene rings is 5. The topological polar surface area (TPSA) is 124 Å². The summed E-state index contributed by atoms with van der Waals surface area (Å²) in [5.74, 6) is 2.13. The molecule has 0 spiro atoms. The molecule has 1 saturated heterocycles. The van der Waals surface area contributed by atoms with Gasteiger partial charge in [0.15, 0.2) is 0 Å². The van der Waals surface area contributed by atoms with Crippen molar-refractivity contribution in [2.75, 3.05) is 10.6 Å². The number of aromatic nitrogens is 2. The fraction of sp³-hybridized carbons (Fsp3) is 0.128. The van der Waals surface area contributed by atoms with Crippen LogP contribution in [-0.2, 0) is 30.5 Å². The van der Waals surface area contributed by atoms with Gasteiger partial charge >= 0.3 is 12.2 Å². The molecule has 1 aromatic heterocycles. The molecule has 1 unspecified atom stereocenters. The molecule has 1 aliphatic rings. The second-order valence-electron chi connectivity index (χ2n) is 12.1. The van der Waals surface area contributed by atoms with Gasteiger partial charge in [0.25, 0.3) is 5.24 Å². The van der Waals surface area contributed by atoms with Crippen molar-refractivity contribution in [3.63, 3.8) is 0 Å². The Morgan fingerprint density at radius 2 is 1.43 bits per heavy atom. The van der Waals surface area contributed by atoms with Crippen LogP contribution < -0.4 is 25.4 Å². The first-order chi connectivity index (χ1) is 25.6. The van der Waals surface area contributed by atoms with Crippen molar-refractivity contribution in [2.45, 2.75) is 31.0 Å². The highest BCUT2D eigenvalue weighted by atomic mass is 32.2. The van der Waals surface area contributed by atoms with Gasteiger partial charge in [-0.3, -0.25) is 14.9 Å². The zero-order valence-electron chi connectivity index (χ0n) is 27.7. The molecule has 7 rings (SSSR count). The smallest absolute Gasteiger partial charge is 0.416 e. The minimum absolute atomic E-state index is 0.188. The first kappa shape index (κ1) is 35.1. The van der Waals surface area contributed by atoms with E-state index >= 15 is 0 Å². The number of anilines is 2. The van der Waals surface area contributed by atoms with Crippen molar-refractivity contribution in [1.29, 1.82) is 0 Å². The van der Waals surface area contributed by atoms with E-state index in [2.05, 4.69) is 20.5 Å². The third-order valence-corrected chi connectivity index (χ3v) is 9.26. The number of amides is 4. The van der Waals surface area contributed by atoms with Crippen LogP contribution in [0.2, 0.25) is 0 Å². The van der Waals surface area contributed by atoms with Crippen molar-refractivity contribution in [3.05, 3.63) is 144 Å². The number of rotatable bonds is 11. The van der Waals surface area contributed by atoms with E-state index < -0.39 is 23.0 Å². The molecule has 14 heteroatoms. The maximum atomic E-state index is 12.8. The normalized spacial score (nSPS) is 14.2. The standard InChI is InChI=1S/C39H30F3N5O5S/c40-39(41,42)26-8-10-27(11-9-26)43-37(49)44-28-12-16-30(17-13-28)52-31-18-19-32-33(21-31)47(22-25-4-2-1-3-5-25)35(45-32)23-51-29-14-6-24(7-15-29)20-34-36(48)46-38(50)53-34/h1-19,21,34H,20,22-23H2,(H2,43,44,49)(H,46,48,50). The molecule has 5 aromatic carbocycles. The largest absolute Gasteiger partial charge is 0.486 e. The highest BCUT2D eigenvalue weighted by Gasteiger charge is 2.31. The molecule has 53 heavy (non-hydrogen) atoms. The molecule has 3 N–H and O–H groups in total. The predicted octanol–water partition coefficient (Wildman–Crippen LogP) is 9.01. The summed E-state index contributed by atoms with van der Waals surface area (Å²) in [7, 11) is 0. The maximum absolute atomic E-state index is 12.8. The number of ether oxygens (including phenoxy) is 2. The van der Waals surface area contributed by atoms with Gasteiger partial charge < -0.3 is 24.7 Å². The van der Waals surface area contributed by atoms with Crippen molar-refractivity contribution < 1.29 is 37.0 Å². The van der Waals surface area contributed by atoms with Gasteiger partial charge in [0.2, 0.25) is 5.91 Å². The second-order valence-corrected chi connectivity index (χ2v) is 13.2. The van der Waals surface area contributed by atoms with Gasteiger partial charge in [-0.25, -0.2) is 9.78 Å². The lowest BCUT2D eigenvalue weighted by Crippen LogP contribution is -2.25. The van der Waals surface area contributed by atoms with E-state index in [0.29, 0.717) is 41.7 Å². The summed E-state index contributed by atoms with van der Waals surface area (Å²) in [4.78, 5) is 40.8. The number of hydrogen-bond acceptors (Lipinski definition) is 7. The van der Waals surface area contributed by atoms with E-state index in [1.807, 2.05) is 72.8 Å². The molecule has 1 aliphatic heterocycles. The Morgan fingerprint density at radius 3 is 2.08 bits per heavy atom. The first-order valence-electron chi connectivity index (χ1n) is 16.4. The SMILES string of the molecule is O=C(Nc1ccc(Oc2ccc3nc(COc4ccc(CC5SC(=O)NC5=O)cc4)n(Cc4ccccc4)c3c2)cc1)Nc1ccc(C(F)(F)F)cc1. The molecule has 10 nitrogen and oxygen atoms in total. The van der Waals surface area contributed by atoms with Crippen LogP contribution >= 0.6 is 11.8 Å². The average molecular weight is 738 g/mol. The lowest BCUT2D eigenvalue weighted by Gasteiger charge is -2.12. The summed E-state index contributed by atoms with van der Waals surface area (Å²) in [5, 5.41) is 6.70. The molecule has 6 aromatic rings. The number of fused-ring (bicyclic) bond motifs is 1. The lowest BCUT2D eigenvalue weighted by atomic mass is 10.1. The number of thioether (sulfide) groups is 1. The summed E-state index contributed by atoms with van der Waals surface area (Å²) in [6.07, 6.45) is -4.02. The summed E-state index contributed by atoms with van der Waals surface area (Å²) in [6, 6.07) is 33.2. The number of nitrogens with zero attached hydrogens (tertiary/aromatic N) is 2. The van der Waals surface area contributed by atoms with Crippen molar-refractivity contribution >= 4 is 51.3 Å². The van der Waals surface area contributed by atoms with Crippen LogP contribution in [0, 0.1) is 0 Å². The second kappa shape index (κ2) is 15.1. The van der Waals surface area contributed by atoms with Crippen LogP contribution in [0.5, 0.6) is 17.2 Å². The fourth-order valence-corrected chi connectivity index (χ4v) is 6.52. The third-order valence-electron chi connectivity index (χ3n) is 8.28. The third kappa shape index (κ3) is 8.79. The number of hydrogen-bond donors (Lipinski definition) is 3. The van der Waals surface area contributed by atoms with Crippen LogP contribution in [0.4, 0.5) is 34.1 Å². The van der Waals surface area contributed by atoms with Crippen LogP contribution in [0.15, 0.2) is 121 Å². The molecule has 268 valence electrons. The summed E-state index contributed by atoms with van der Waals surface area (Å²) < 4.78 is 52.8. The molecule has 0 aliphatic carbocycles. The summed E-state index contributed by atoms with van der Waals surface area (Å²) in [5.41, 5.74) is 3.43. The summed E-state index contributed by atoms with van der Waals surface area (Å²) in [6.45, 7) is 0.723. The number of carbonyl (C=O) groups is 3. The van der Waals surface area contributed by atoms with E-state index in [-0.39, 0.29) is 23.4 Å². The highest BCUT2D eigenvalue weighted by molar-refractivity contribution is 8.15. The number of nitrogens with one attached hydrogen (secondary N) is 3. The Bertz CT molecular complexity index is 2260. The van der Waals surface area contributed by atoms with Crippen LogP contribution in [0.1, 0.15) is 22.5 Å². The molecule has 2 heterocycles. The lowest BCUT2D eigenvalue weighted by molar-refractivity contribution is -0.137. The van der Waals surface area contributed by atoms with Crippen LogP contribution in [0.3, 0.4) is 0 Å². The zero-order valence-corrected chi connectivity index (χ0v) is 28.5.